The molecule has 0 aliphatic rings. The molecule has 0 saturated heterocycles. The number of benzene rings is 8. The van der Waals surface area contributed by atoms with E-state index in [9.17, 15) is 0 Å². The number of fused-ring (bicyclic) bond motifs is 12. The highest BCUT2D eigenvalue weighted by Crippen LogP contribution is 2.49. The van der Waals surface area contributed by atoms with E-state index in [0.717, 1.165) is 88.4 Å². The SMILES string of the molecule is Cc1cc(-c2nc(-c3ccccc3)nc(-c3ccccc3)n2)ccc1-n1c2ccccc2c2c3oc4ccccc4c3c3c4ccccc4n(-c4ccccc4)c3c21. The molecule has 272 valence electrons. The minimum atomic E-state index is 0.625. The number of aryl methyl sites for hydroxylation is 1. The Labute approximate surface area is 332 Å². The predicted octanol–water partition coefficient (Wildman–Crippen LogP) is 13.3. The van der Waals surface area contributed by atoms with Gasteiger partial charge in [-0.15, -0.1) is 0 Å². The standard InChI is InChI=1S/C52H33N5O/c1-32-31-35(52-54-50(33-17-5-2-6-18-33)53-51(55-52)34-19-7-3-8-20-34)29-30-40(32)57-42-27-15-12-24-38(42)46-48(57)47-44(45-39-25-13-16-28-43(39)58-49(45)46)37-23-11-14-26-41(37)56(47)36-21-9-4-10-22-36/h2-31H,1H3. The fraction of sp³-hybridized carbons (Fsp3) is 0.0192. The van der Waals surface area contributed by atoms with Crippen molar-refractivity contribution in [1.29, 1.82) is 0 Å². The molecule has 0 aliphatic carbocycles. The molecule has 8 aromatic carbocycles. The Morgan fingerprint density at radius 1 is 0.414 bits per heavy atom. The molecule has 0 saturated carbocycles. The van der Waals surface area contributed by atoms with Crippen LogP contribution in [0.1, 0.15) is 5.56 Å². The molecule has 0 radical (unpaired) electrons. The first-order valence-corrected chi connectivity index (χ1v) is 19.5. The van der Waals surface area contributed by atoms with E-state index in [2.05, 4.69) is 137 Å². The van der Waals surface area contributed by atoms with Crippen LogP contribution in [0, 0.1) is 6.92 Å². The van der Waals surface area contributed by atoms with Crippen molar-refractivity contribution >= 4 is 65.6 Å². The zero-order chi connectivity index (χ0) is 38.3. The maximum absolute atomic E-state index is 6.95. The van der Waals surface area contributed by atoms with Crippen molar-refractivity contribution in [3.05, 3.63) is 188 Å². The minimum absolute atomic E-state index is 0.625. The average molecular weight is 744 g/mol. The number of nitrogens with zero attached hydrogens (tertiary/aromatic N) is 5. The summed E-state index contributed by atoms with van der Waals surface area (Å²) in [6, 6.07) is 63.4. The van der Waals surface area contributed by atoms with E-state index in [0.29, 0.717) is 17.5 Å². The highest BCUT2D eigenvalue weighted by Gasteiger charge is 2.28. The van der Waals surface area contributed by atoms with Crippen molar-refractivity contribution in [3.63, 3.8) is 0 Å². The highest BCUT2D eigenvalue weighted by molar-refractivity contribution is 6.39. The van der Waals surface area contributed by atoms with Crippen LogP contribution in [0.4, 0.5) is 0 Å². The van der Waals surface area contributed by atoms with Crippen LogP contribution in [0.3, 0.4) is 0 Å². The van der Waals surface area contributed by atoms with Gasteiger partial charge in [0.15, 0.2) is 17.5 Å². The van der Waals surface area contributed by atoms with Crippen molar-refractivity contribution < 1.29 is 4.42 Å². The Balaban J connectivity index is 1.19. The summed E-state index contributed by atoms with van der Waals surface area (Å²) in [5.74, 6) is 1.90. The van der Waals surface area contributed by atoms with Gasteiger partial charge in [0.1, 0.15) is 11.2 Å². The van der Waals surface area contributed by atoms with Crippen LogP contribution in [0.5, 0.6) is 0 Å². The summed E-state index contributed by atoms with van der Waals surface area (Å²) >= 11 is 0. The molecular formula is C52H33N5O. The second kappa shape index (κ2) is 12.6. The van der Waals surface area contributed by atoms with Gasteiger partial charge in [0, 0.05) is 55.0 Å². The van der Waals surface area contributed by atoms with Gasteiger partial charge < -0.3 is 13.6 Å². The largest absolute Gasteiger partial charge is 0.455 e. The summed E-state index contributed by atoms with van der Waals surface area (Å²) in [6.07, 6.45) is 0. The fourth-order valence-electron chi connectivity index (χ4n) is 8.96. The molecule has 0 N–H and O–H groups in total. The van der Waals surface area contributed by atoms with E-state index in [1.165, 1.54) is 10.8 Å². The number of furan rings is 1. The van der Waals surface area contributed by atoms with Crippen LogP contribution in [-0.4, -0.2) is 24.1 Å². The van der Waals surface area contributed by atoms with Gasteiger partial charge in [-0.25, -0.2) is 15.0 Å². The monoisotopic (exact) mass is 743 g/mol. The Morgan fingerprint density at radius 3 is 1.55 bits per heavy atom. The summed E-state index contributed by atoms with van der Waals surface area (Å²) in [4.78, 5) is 15.0. The molecule has 0 spiro atoms. The van der Waals surface area contributed by atoms with Gasteiger partial charge in [0.25, 0.3) is 0 Å². The molecule has 12 aromatic rings. The molecule has 6 nitrogen and oxygen atoms in total. The van der Waals surface area contributed by atoms with E-state index < -0.39 is 0 Å². The van der Waals surface area contributed by atoms with Crippen LogP contribution < -0.4 is 0 Å². The lowest BCUT2D eigenvalue weighted by Crippen LogP contribution is -2.02. The Kier molecular flexibility index (Phi) is 7.04. The molecule has 0 unspecified atom stereocenters. The molecule has 4 aromatic heterocycles. The summed E-state index contributed by atoms with van der Waals surface area (Å²) in [7, 11) is 0. The molecule has 0 amide bonds. The zero-order valence-electron chi connectivity index (χ0n) is 31.5. The third kappa shape index (κ3) is 4.75. The predicted molar refractivity (Wildman–Crippen MR) is 237 cm³/mol. The van der Waals surface area contributed by atoms with Crippen molar-refractivity contribution in [1.82, 2.24) is 24.1 Å². The van der Waals surface area contributed by atoms with E-state index in [-0.39, 0.29) is 0 Å². The van der Waals surface area contributed by atoms with E-state index in [1.54, 1.807) is 0 Å². The molecule has 0 atom stereocenters. The Hall–Kier alpha value is -7.83. The number of hydrogen-bond donors (Lipinski definition) is 0. The van der Waals surface area contributed by atoms with E-state index >= 15 is 0 Å². The normalized spacial score (nSPS) is 11.9. The molecule has 6 heteroatoms. The summed E-state index contributed by atoms with van der Waals surface area (Å²) in [5, 5.41) is 6.83. The van der Waals surface area contributed by atoms with Gasteiger partial charge in [-0.05, 0) is 61.0 Å². The summed E-state index contributed by atoms with van der Waals surface area (Å²) < 4.78 is 11.8. The van der Waals surface area contributed by atoms with Crippen molar-refractivity contribution in [2.45, 2.75) is 6.92 Å². The lowest BCUT2D eigenvalue weighted by atomic mass is 10.0. The van der Waals surface area contributed by atoms with Gasteiger partial charge >= 0.3 is 0 Å². The van der Waals surface area contributed by atoms with E-state index in [4.69, 9.17) is 19.4 Å². The molecular weight excluding hydrogens is 711 g/mol. The van der Waals surface area contributed by atoms with Gasteiger partial charge in [0.05, 0.1) is 27.5 Å². The molecule has 0 bridgehead atoms. The minimum Gasteiger partial charge on any atom is -0.455 e. The molecule has 0 aliphatic heterocycles. The third-order valence-corrected chi connectivity index (χ3v) is 11.5. The quantitative estimate of drug-likeness (QED) is 0.176. The Bertz CT molecular complexity index is 3510. The lowest BCUT2D eigenvalue weighted by molar-refractivity contribution is 0.673. The molecule has 12 rings (SSSR count). The molecule has 4 heterocycles. The van der Waals surface area contributed by atoms with Crippen molar-refractivity contribution in [2.24, 2.45) is 0 Å². The molecule has 58 heavy (non-hydrogen) atoms. The van der Waals surface area contributed by atoms with Crippen LogP contribution in [-0.2, 0) is 0 Å². The second-order valence-corrected chi connectivity index (χ2v) is 14.8. The third-order valence-electron chi connectivity index (χ3n) is 11.5. The molecule has 0 fully saturated rings. The number of hydrogen-bond acceptors (Lipinski definition) is 4. The number of aromatic nitrogens is 5. The zero-order valence-corrected chi connectivity index (χ0v) is 31.5. The van der Waals surface area contributed by atoms with Gasteiger partial charge in [-0.1, -0.05) is 133 Å². The van der Waals surface area contributed by atoms with Gasteiger partial charge in [-0.3, -0.25) is 0 Å². The van der Waals surface area contributed by atoms with E-state index in [1.807, 2.05) is 60.7 Å². The first-order valence-electron chi connectivity index (χ1n) is 19.5. The van der Waals surface area contributed by atoms with Crippen molar-refractivity contribution in [3.8, 4) is 45.5 Å². The topological polar surface area (TPSA) is 61.7 Å². The Morgan fingerprint density at radius 2 is 0.914 bits per heavy atom. The number of rotatable bonds is 5. The maximum Gasteiger partial charge on any atom is 0.164 e. The first-order chi connectivity index (χ1) is 28.7. The van der Waals surface area contributed by atoms with Crippen LogP contribution in [0.25, 0.3) is 111 Å². The lowest BCUT2D eigenvalue weighted by Gasteiger charge is -2.15. The van der Waals surface area contributed by atoms with Crippen LogP contribution in [0.15, 0.2) is 186 Å². The maximum atomic E-state index is 6.95. The number of para-hydroxylation sites is 4. The smallest absolute Gasteiger partial charge is 0.164 e. The van der Waals surface area contributed by atoms with Crippen LogP contribution in [0.2, 0.25) is 0 Å². The van der Waals surface area contributed by atoms with Gasteiger partial charge in [0.2, 0.25) is 0 Å². The summed E-state index contributed by atoms with van der Waals surface area (Å²) in [6.45, 7) is 2.18. The van der Waals surface area contributed by atoms with Crippen molar-refractivity contribution in [2.75, 3.05) is 0 Å². The highest BCUT2D eigenvalue weighted by atomic mass is 16.3. The fourth-order valence-corrected chi connectivity index (χ4v) is 8.96. The second-order valence-electron chi connectivity index (χ2n) is 14.8. The first kappa shape index (κ1) is 32.4. The van der Waals surface area contributed by atoms with Gasteiger partial charge in [-0.2, -0.15) is 0 Å². The average Bonchev–Trinajstić information content (AvgIpc) is 3.95. The van der Waals surface area contributed by atoms with Crippen LogP contribution >= 0.6 is 0 Å². The summed E-state index contributed by atoms with van der Waals surface area (Å²) in [5.41, 5.74) is 12.3.